The molecule has 0 radical (unpaired) electrons. The average molecular weight is 419 g/mol. The second-order valence-electron chi connectivity index (χ2n) is 4.39. The first-order chi connectivity index (χ1) is 8.49. The van der Waals surface area contributed by atoms with E-state index >= 15 is 0 Å². The number of halogens is 3. The van der Waals surface area contributed by atoms with Gasteiger partial charge in [-0.15, -0.1) is 0 Å². The molecule has 0 aliphatic rings. The molecule has 94 valence electrons. The van der Waals surface area contributed by atoms with Crippen molar-refractivity contribution in [2.24, 2.45) is 0 Å². The highest BCUT2D eigenvalue weighted by atomic mass is 127. The van der Waals surface area contributed by atoms with Crippen molar-refractivity contribution in [3.63, 3.8) is 0 Å². The lowest BCUT2D eigenvalue weighted by Crippen LogP contribution is -1.97. The summed E-state index contributed by atoms with van der Waals surface area (Å²) < 4.78 is 14.8. The van der Waals surface area contributed by atoms with E-state index in [0.29, 0.717) is 11.1 Å². The molecule has 1 atom stereocenters. The Kier molecular flexibility index (Phi) is 4.43. The molecule has 1 unspecified atom stereocenters. The molecule has 2 aromatic rings. The second-order valence-corrected chi connectivity index (χ2v) is 6.55. The number of aryl methyl sites for hydroxylation is 2. The largest absolute Gasteiger partial charge is 0.206 e. The lowest BCUT2D eigenvalue weighted by Gasteiger charge is -2.13. The zero-order chi connectivity index (χ0) is 13.3. The molecular formula is C15H13BrFI. The van der Waals surface area contributed by atoms with Crippen molar-refractivity contribution in [3.8, 4) is 0 Å². The summed E-state index contributed by atoms with van der Waals surface area (Å²) in [5.74, 6) is -0.110. The van der Waals surface area contributed by atoms with Crippen LogP contribution in [-0.4, -0.2) is 0 Å². The lowest BCUT2D eigenvalue weighted by atomic mass is 10.00. The van der Waals surface area contributed by atoms with Crippen LogP contribution in [0.5, 0.6) is 0 Å². The standard InChI is InChI=1S/C15H13BrFI/c1-9-6-12(7-10(2)15(9)17)14(16)11-4-3-5-13(18)8-11/h3-8,14H,1-2H3. The molecule has 0 aliphatic heterocycles. The van der Waals surface area contributed by atoms with E-state index in [1.165, 1.54) is 9.13 Å². The van der Waals surface area contributed by atoms with E-state index in [0.717, 1.165) is 5.56 Å². The van der Waals surface area contributed by atoms with Gasteiger partial charge in [0.05, 0.1) is 4.83 Å². The maximum absolute atomic E-state index is 13.6. The van der Waals surface area contributed by atoms with Gasteiger partial charge < -0.3 is 0 Å². The van der Waals surface area contributed by atoms with Gasteiger partial charge in [-0.2, -0.15) is 0 Å². The first-order valence-electron chi connectivity index (χ1n) is 5.65. The normalized spacial score (nSPS) is 12.5. The van der Waals surface area contributed by atoms with Crippen LogP contribution >= 0.6 is 38.5 Å². The van der Waals surface area contributed by atoms with Gasteiger partial charge in [0.15, 0.2) is 0 Å². The molecular weight excluding hydrogens is 406 g/mol. The summed E-state index contributed by atoms with van der Waals surface area (Å²) in [6.45, 7) is 3.61. The van der Waals surface area contributed by atoms with Gasteiger partial charge in [0.25, 0.3) is 0 Å². The predicted molar refractivity (Wildman–Crippen MR) is 85.8 cm³/mol. The Hall–Kier alpha value is -0.420. The lowest BCUT2D eigenvalue weighted by molar-refractivity contribution is 0.608. The molecule has 0 N–H and O–H groups in total. The smallest absolute Gasteiger partial charge is 0.129 e. The Morgan fingerprint density at radius 1 is 1.06 bits per heavy atom. The highest BCUT2D eigenvalue weighted by molar-refractivity contribution is 14.1. The quantitative estimate of drug-likeness (QED) is 0.444. The van der Waals surface area contributed by atoms with E-state index in [1.807, 2.05) is 18.2 Å². The molecule has 0 spiro atoms. The van der Waals surface area contributed by atoms with Crippen LogP contribution in [0.2, 0.25) is 0 Å². The highest BCUT2D eigenvalue weighted by Gasteiger charge is 2.13. The molecule has 0 amide bonds. The van der Waals surface area contributed by atoms with Gasteiger partial charge >= 0.3 is 0 Å². The first kappa shape index (κ1) is 14.0. The van der Waals surface area contributed by atoms with Gasteiger partial charge in [0.1, 0.15) is 5.82 Å². The Bertz CT molecular complexity index is 557. The van der Waals surface area contributed by atoms with Gasteiger partial charge in [0.2, 0.25) is 0 Å². The molecule has 0 heterocycles. The van der Waals surface area contributed by atoms with E-state index in [2.05, 4.69) is 56.7 Å². The van der Waals surface area contributed by atoms with Crippen LogP contribution in [0.1, 0.15) is 27.1 Å². The fourth-order valence-electron chi connectivity index (χ4n) is 1.98. The topological polar surface area (TPSA) is 0 Å². The summed E-state index contributed by atoms with van der Waals surface area (Å²) in [4.78, 5) is 0.102. The van der Waals surface area contributed by atoms with Crippen molar-refractivity contribution < 1.29 is 4.39 Å². The summed E-state index contributed by atoms with van der Waals surface area (Å²) in [7, 11) is 0. The maximum atomic E-state index is 13.6. The second kappa shape index (κ2) is 5.70. The van der Waals surface area contributed by atoms with Gasteiger partial charge in [-0.25, -0.2) is 4.39 Å². The van der Waals surface area contributed by atoms with Crippen LogP contribution in [0.3, 0.4) is 0 Å². The maximum Gasteiger partial charge on any atom is 0.129 e. The Labute approximate surface area is 129 Å². The molecule has 0 aromatic heterocycles. The van der Waals surface area contributed by atoms with Gasteiger partial charge in [0, 0.05) is 3.57 Å². The fraction of sp³-hybridized carbons (Fsp3) is 0.200. The third-order valence-electron chi connectivity index (χ3n) is 2.89. The highest BCUT2D eigenvalue weighted by Crippen LogP contribution is 2.33. The minimum Gasteiger partial charge on any atom is -0.206 e. The summed E-state index contributed by atoms with van der Waals surface area (Å²) in [6.07, 6.45) is 0. The monoisotopic (exact) mass is 418 g/mol. The van der Waals surface area contributed by atoms with Crippen LogP contribution in [0.25, 0.3) is 0 Å². The van der Waals surface area contributed by atoms with Gasteiger partial charge in [-0.1, -0.05) is 40.2 Å². The molecule has 0 nitrogen and oxygen atoms in total. The van der Waals surface area contributed by atoms with Gasteiger partial charge in [-0.3, -0.25) is 0 Å². The van der Waals surface area contributed by atoms with Gasteiger partial charge in [-0.05, 0) is 70.8 Å². The SMILES string of the molecule is Cc1cc(C(Br)c2cccc(I)c2)cc(C)c1F. The van der Waals surface area contributed by atoms with Crippen LogP contribution in [0.15, 0.2) is 36.4 Å². The number of benzene rings is 2. The predicted octanol–water partition coefficient (Wildman–Crippen LogP) is 5.53. The van der Waals surface area contributed by atoms with Crippen molar-refractivity contribution in [1.29, 1.82) is 0 Å². The van der Waals surface area contributed by atoms with Crippen molar-refractivity contribution in [2.45, 2.75) is 18.7 Å². The molecule has 2 aromatic carbocycles. The van der Waals surface area contributed by atoms with E-state index in [-0.39, 0.29) is 10.6 Å². The molecule has 2 rings (SSSR count). The first-order valence-corrected chi connectivity index (χ1v) is 7.64. The Balaban J connectivity index is 2.43. The van der Waals surface area contributed by atoms with Crippen molar-refractivity contribution in [3.05, 3.63) is 68.0 Å². The zero-order valence-corrected chi connectivity index (χ0v) is 13.9. The minimum absolute atomic E-state index is 0.102. The summed E-state index contributed by atoms with van der Waals surface area (Å²) in [6, 6.07) is 12.1. The van der Waals surface area contributed by atoms with Crippen molar-refractivity contribution >= 4 is 38.5 Å². The molecule has 18 heavy (non-hydrogen) atoms. The number of hydrogen-bond donors (Lipinski definition) is 0. The fourth-order valence-corrected chi connectivity index (χ4v) is 3.10. The third-order valence-corrected chi connectivity index (χ3v) is 4.62. The molecule has 0 aliphatic carbocycles. The Morgan fingerprint density at radius 2 is 1.67 bits per heavy atom. The molecule has 0 fully saturated rings. The van der Waals surface area contributed by atoms with Crippen LogP contribution in [-0.2, 0) is 0 Å². The third kappa shape index (κ3) is 2.94. The summed E-state index contributed by atoms with van der Waals surface area (Å²) >= 11 is 5.99. The molecule has 3 heteroatoms. The van der Waals surface area contributed by atoms with E-state index in [9.17, 15) is 4.39 Å². The number of rotatable bonds is 2. The molecule has 0 bridgehead atoms. The minimum atomic E-state index is -0.110. The van der Waals surface area contributed by atoms with Crippen LogP contribution in [0.4, 0.5) is 4.39 Å². The van der Waals surface area contributed by atoms with E-state index in [1.54, 1.807) is 13.8 Å². The average Bonchev–Trinajstić information content (AvgIpc) is 2.34. The van der Waals surface area contributed by atoms with Crippen molar-refractivity contribution in [2.75, 3.05) is 0 Å². The van der Waals surface area contributed by atoms with Crippen LogP contribution in [0, 0.1) is 23.2 Å². The molecule has 0 saturated heterocycles. The summed E-state index contributed by atoms with van der Waals surface area (Å²) in [5, 5.41) is 0. The molecule has 0 saturated carbocycles. The number of hydrogen-bond acceptors (Lipinski definition) is 0. The van der Waals surface area contributed by atoms with E-state index < -0.39 is 0 Å². The van der Waals surface area contributed by atoms with Crippen molar-refractivity contribution in [1.82, 2.24) is 0 Å². The number of alkyl halides is 1. The van der Waals surface area contributed by atoms with Crippen LogP contribution < -0.4 is 0 Å². The summed E-state index contributed by atoms with van der Waals surface area (Å²) in [5.41, 5.74) is 3.67. The zero-order valence-electron chi connectivity index (χ0n) is 10.2. The Morgan fingerprint density at radius 3 is 2.22 bits per heavy atom. The van der Waals surface area contributed by atoms with E-state index in [4.69, 9.17) is 0 Å².